The lowest BCUT2D eigenvalue weighted by atomic mass is 9.48. The quantitative estimate of drug-likeness (QED) is 0.501. The van der Waals surface area contributed by atoms with Crippen LogP contribution in [0.3, 0.4) is 0 Å². The molecule has 0 radical (unpaired) electrons. The summed E-state index contributed by atoms with van der Waals surface area (Å²) in [5.41, 5.74) is -1.34. The van der Waals surface area contributed by atoms with E-state index in [-0.39, 0.29) is 46.8 Å². The maximum absolute atomic E-state index is 13.5. The van der Waals surface area contributed by atoms with E-state index in [1.807, 2.05) is 6.92 Å². The fourth-order valence-corrected chi connectivity index (χ4v) is 8.49. The molecule has 1 amide bonds. The molecule has 8 nitrogen and oxygen atoms in total. The Kier molecular flexibility index (Phi) is 3.99. The van der Waals surface area contributed by atoms with Gasteiger partial charge in [0.2, 0.25) is 5.91 Å². The van der Waals surface area contributed by atoms with Gasteiger partial charge in [0.05, 0.1) is 11.7 Å². The molecule has 8 heteroatoms. The molecule has 8 atom stereocenters. The first-order chi connectivity index (χ1) is 15.5. The van der Waals surface area contributed by atoms with Crippen molar-refractivity contribution >= 4 is 23.3 Å². The van der Waals surface area contributed by atoms with E-state index in [2.05, 4.69) is 12.2 Å². The summed E-state index contributed by atoms with van der Waals surface area (Å²) in [5.74, 6) is -1.49. The number of Topliss-reactive ketones (excluding diaryl/α,β-unsaturated/α-hetero) is 1. The van der Waals surface area contributed by atoms with Crippen LogP contribution in [0.2, 0.25) is 0 Å². The van der Waals surface area contributed by atoms with Crippen LogP contribution < -0.4 is 5.32 Å². The molecule has 1 aromatic rings. The monoisotopic (exact) mass is 455 g/mol. The van der Waals surface area contributed by atoms with E-state index < -0.39 is 34.4 Å². The number of hydrogen-bond acceptors (Lipinski definition) is 6. The molecule has 176 valence electrons. The van der Waals surface area contributed by atoms with Crippen LogP contribution in [0.25, 0.3) is 0 Å². The minimum absolute atomic E-state index is 0.0236. The zero-order chi connectivity index (χ0) is 23.5. The van der Waals surface area contributed by atoms with Gasteiger partial charge in [0.1, 0.15) is 22.8 Å². The number of carbonyl (C=O) groups is 3. The molecule has 4 N–H and O–H groups in total. The van der Waals surface area contributed by atoms with E-state index >= 15 is 0 Å². The number of anilines is 1. The molecule has 0 aromatic heterocycles. The average Bonchev–Trinajstić information content (AvgIpc) is 3.46. The van der Waals surface area contributed by atoms with Gasteiger partial charge in [-0.05, 0) is 68.4 Å². The highest BCUT2D eigenvalue weighted by Crippen LogP contribution is 2.79. The number of ketones is 1. The van der Waals surface area contributed by atoms with Crippen LogP contribution >= 0.6 is 0 Å². The summed E-state index contributed by atoms with van der Waals surface area (Å²) in [6.45, 7) is 4.23. The number of phenolic OH excluding ortho intramolecular Hbond substituents is 1. The van der Waals surface area contributed by atoms with Crippen molar-refractivity contribution in [3.8, 4) is 11.5 Å². The van der Waals surface area contributed by atoms with Gasteiger partial charge >= 0.3 is 5.97 Å². The molecule has 4 bridgehead atoms. The van der Waals surface area contributed by atoms with Gasteiger partial charge in [0.15, 0.2) is 5.75 Å². The molecule has 2 aliphatic heterocycles. The number of carboxylic acids is 1. The smallest absolute Gasteiger partial charge is 0.339 e. The maximum Gasteiger partial charge on any atom is 0.339 e. The van der Waals surface area contributed by atoms with Crippen molar-refractivity contribution in [3.05, 3.63) is 17.7 Å². The van der Waals surface area contributed by atoms with Gasteiger partial charge in [-0.2, -0.15) is 0 Å². The molecule has 6 unspecified atom stereocenters. The molecule has 6 aliphatic rings. The van der Waals surface area contributed by atoms with E-state index in [9.17, 15) is 29.7 Å². The third kappa shape index (κ3) is 2.58. The highest BCUT2D eigenvalue weighted by molar-refractivity contribution is 6.00. The Morgan fingerprint density at radius 3 is 2.67 bits per heavy atom. The van der Waals surface area contributed by atoms with Crippen LogP contribution in [0.15, 0.2) is 12.1 Å². The molecule has 7 rings (SSSR count). The summed E-state index contributed by atoms with van der Waals surface area (Å²) in [6, 6.07) is 2.19. The summed E-state index contributed by atoms with van der Waals surface area (Å²) in [4.78, 5) is 37.6. The van der Waals surface area contributed by atoms with Crippen molar-refractivity contribution in [1.82, 2.24) is 0 Å². The van der Waals surface area contributed by atoms with Gasteiger partial charge in [-0.1, -0.05) is 6.92 Å². The fourth-order valence-electron chi connectivity index (χ4n) is 8.49. The van der Waals surface area contributed by atoms with Gasteiger partial charge in [0.25, 0.3) is 0 Å². The third-order valence-corrected chi connectivity index (χ3v) is 9.74. The normalized spacial score (nSPS) is 43.8. The molecule has 33 heavy (non-hydrogen) atoms. The average molecular weight is 456 g/mol. The zero-order valence-corrected chi connectivity index (χ0v) is 18.8. The standard InChI is InChI=1S/C25H29NO7/c1-23(6-5-17(28)26-18-15(27)4-3-12(19(18)29)22(31)32)20-16-7-11-9-25(20,10-24(11,2)33-16)14-8-13(14)21(23)30/h3-4,11,13-14,16,20,27,29H,5-10H2,1-2H3,(H,26,28)(H,31,32)/t11?,13-,14+,16?,20?,23?,24?,25?/m1/s1. The predicted octanol–water partition coefficient (Wildman–Crippen LogP) is 3.31. The van der Waals surface area contributed by atoms with Crippen molar-refractivity contribution in [1.29, 1.82) is 0 Å². The SMILES string of the molecule is CC12CC34CC1CC(O2)C3C(C)(CCC(=O)Nc1c(O)ccc(C(=O)O)c1O)C(=O)[C@@H]1C[C@@H]14. The first-order valence-electron chi connectivity index (χ1n) is 11.8. The molecule has 4 aliphatic carbocycles. The van der Waals surface area contributed by atoms with Crippen molar-refractivity contribution in [2.75, 3.05) is 5.32 Å². The van der Waals surface area contributed by atoms with Crippen molar-refractivity contribution in [2.24, 2.45) is 34.5 Å². The molecular formula is C25H29NO7. The number of ether oxygens (including phenoxy) is 1. The van der Waals surface area contributed by atoms with E-state index in [0.29, 0.717) is 18.3 Å². The minimum atomic E-state index is -1.37. The lowest BCUT2D eigenvalue weighted by Crippen LogP contribution is -2.59. The number of rotatable bonds is 5. The van der Waals surface area contributed by atoms with Crippen LogP contribution in [0.1, 0.15) is 62.7 Å². The van der Waals surface area contributed by atoms with Gasteiger partial charge in [-0.25, -0.2) is 4.79 Å². The van der Waals surface area contributed by atoms with Crippen LogP contribution in [-0.2, 0) is 14.3 Å². The van der Waals surface area contributed by atoms with E-state index in [1.54, 1.807) is 0 Å². The van der Waals surface area contributed by atoms with Crippen molar-refractivity contribution in [2.45, 2.75) is 64.1 Å². The number of hydrogen-bond donors (Lipinski definition) is 4. The largest absolute Gasteiger partial charge is 0.506 e. The van der Waals surface area contributed by atoms with E-state index in [4.69, 9.17) is 4.74 Å². The van der Waals surface area contributed by atoms with Gasteiger partial charge in [-0.3, -0.25) is 9.59 Å². The number of phenols is 2. The number of benzene rings is 1. The highest BCUT2D eigenvalue weighted by atomic mass is 16.5. The van der Waals surface area contributed by atoms with E-state index in [1.165, 1.54) is 0 Å². The molecule has 2 heterocycles. The second-order valence-electron chi connectivity index (χ2n) is 11.4. The van der Waals surface area contributed by atoms with Crippen LogP contribution in [-0.4, -0.2) is 44.7 Å². The Morgan fingerprint density at radius 1 is 1.21 bits per heavy atom. The highest BCUT2D eigenvalue weighted by Gasteiger charge is 2.79. The number of aromatic carboxylic acids is 1. The van der Waals surface area contributed by atoms with Gasteiger partial charge in [-0.15, -0.1) is 0 Å². The van der Waals surface area contributed by atoms with Crippen molar-refractivity contribution < 1.29 is 34.4 Å². The molecular weight excluding hydrogens is 426 g/mol. The van der Waals surface area contributed by atoms with Crippen LogP contribution in [0.5, 0.6) is 11.5 Å². The minimum Gasteiger partial charge on any atom is -0.506 e. The lowest BCUT2D eigenvalue weighted by Gasteiger charge is -2.57. The first-order valence-corrected chi connectivity index (χ1v) is 11.8. The fraction of sp³-hybridized carbons (Fsp3) is 0.640. The summed E-state index contributed by atoms with van der Waals surface area (Å²) in [7, 11) is 0. The summed E-state index contributed by atoms with van der Waals surface area (Å²) in [6.07, 6.45) is 4.50. The molecule has 6 fully saturated rings. The molecule has 2 saturated heterocycles. The van der Waals surface area contributed by atoms with Crippen LogP contribution in [0.4, 0.5) is 5.69 Å². The second kappa shape index (κ2) is 6.29. The Balaban J connectivity index is 1.24. The molecule has 1 aromatic carbocycles. The second-order valence-corrected chi connectivity index (χ2v) is 11.4. The number of fused-ring (bicyclic) bond motifs is 1. The first kappa shape index (κ1) is 21.0. The Hall–Kier alpha value is -2.61. The number of amides is 1. The summed E-state index contributed by atoms with van der Waals surface area (Å²) < 4.78 is 6.51. The number of nitrogens with one attached hydrogen (secondary N) is 1. The topological polar surface area (TPSA) is 133 Å². The molecule has 4 saturated carbocycles. The Morgan fingerprint density at radius 2 is 1.97 bits per heavy atom. The maximum atomic E-state index is 13.5. The Bertz CT molecular complexity index is 1120. The number of carbonyl (C=O) groups excluding carboxylic acids is 2. The summed E-state index contributed by atoms with van der Waals surface area (Å²) >= 11 is 0. The molecule has 1 spiro atoms. The van der Waals surface area contributed by atoms with Crippen molar-refractivity contribution in [3.63, 3.8) is 0 Å². The van der Waals surface area contributed by atoms with E-state index in [0.717, 1.165) is 37.8 Å². The zero-order valence-electron chi connectivity index (χ0n) is 18.8. The Labute approximate surface area is 191 Å². The van der Waals surface area contributed by atoms with Gasteiger partial charge in [0, 0.05) is 23.7 Å². The van der Waals surface area contributed by atoms with Gasteiger partial charge < -0.3 is 25.4 Å². The predicted molar refractivity (Wildman–Crippen MR) is 116 cm³/mol. The third-order valence-electron chi connectivity index (χ3n) is 9.74. The number of aromatic hydroxyl groups is 2. The lowest BCUT2D eigenvalue weighted by molar-refractivity contribution is -0.194. The van der Waals surface area contributed by atoms with Crippen LogP contribution in [0, 0.1) is 34.5 Å². The summed E-state index contributed by atoms with van der Waals surface area (Å²) in [5, 5.41) is 31.9. The number of carboxylic acid groups (broad SMARTS) is 1.